The first-order valence-electron chi connectivity index (χ1n) is 14.3. The quantitative estimate of drug-likeness (QED) is 0.227. The van der Waals surface area contributed by atoms with E-state index in [1.807, 2.05) is 38.1 Å². The number of rotatable bonds is 6. The molecule has 1 aromatic carbocycles. The molecule has 200 valence electrons. The highest BCUT2D eigenvalue weighted by atomic mass is 35.5. The number of halogens is 1. The van der Waals surface area contributed by atoms with Crippen molar-refractivity contribution < 1.29 is 14.3 Å². The number of amides is 1. The van der Waals surface area contributed by atoms with Crippen molar-refractivity contribution in [3.8, 4) is 5.75 Å². The smallest absolute Gasteiger partial charge is 0.260 e. The Morgan fingerprint density at radius 2 is 1.76 bits per heavy atom. The van der Waals surface area contributed by atoms with E-state index in [9.17, 15) is 9.59 Å². The highest BCUT2D eigenvalue weighted by Gasteiger charge is 2.59. The molecule has 6 atom stereocenters. The Balaban J connectivity index is 1.30. The molecule has 0 spiro atoms. The zero-order chi connectivity index (χ0) is 26.4. The van der Waals surface area contributed by atoms with E-state index < -0.39 is 0 Å². The molecule has 3 fully saturated rings. The third-order valence-corrected chi connectivity index (χ3v) is 10.8. The van der Waals surface area contributed by atoms with Gasteiger partial charge in [-0.3, -0.25) is 9.59 Å². The second-order valence-electron chi connectivity index (χ2n) is 12.2. The van der Waals surface area contributed by atoms with E-state index in [1.54, 1.807) is 10.5 Å². The van der Waals surface area contributed by atoms with E-state index in [1.165, 1.54) is 6.42 Å². The lowest BCUT2D eigenvalue weighted by Gasteiger charge is -2.56. The molecule has 0 saturated heterocycles. The minimum absolute atomic E-state index is 0.00357. The topological polar surface area (TPSA) is 46.6 Å². The molecule has 1 aromatic rings. The standard InChI is InChI=1S/C32H42ClNO3/c1-5-34(6-2)29(35)20-37-25-10-7-21(8-11-25)17-22-18-28-26-12-9-23-19-24(33)13-15-31(23,3)27(26)14-16-32(28,4)30(22)36/h7-11,17,24,26-28H,5-6,12-16,18-20H2,1-4H3/b22-17+/t24?,26-,27+,28+,31+,32+/m1/s1. The van der Waals surface area contributed by atoms with Crippen LogP contribution in [0.2, 0.25) is 0 Å². The number of carbonyl (C=O) groups is 2. The first-order chi connectivity index (χ1) is 17.7. The van der Waals surface area contributed by atoms with Crippen LogP contribution in [0.3, 0.4) is 0 Å². The number of fused-ring (bicyclic) bond motifs is 5. The van der Waals surface area contributed by atoms with Crippen molar-refractivity contribution in [1.82, 2.24) is 4.90 Å². The summed E-state index contributed by atoms with van der Waals surface area (Å²) in [7, 11) is 0. The fourth-order valence-corrected chi connectivity index (χ4v) is 8.37. The van der Waals surface area contributed by atoms with Gasteiger partial charge in [0.1, 0.15) is 5.75 Å². The van der Waals surface area contributed by atoms with Gasteiger partial charge >= 0.3 is 0 Å². The van der Waals surface area contributed by atoms with Crippen LogP contribution in [0.4, 0.5) is 0 Å². The average molecular weight is 524 g/mol. The predicted molar refractivity (Wildman–Crippen MR) is 150 cm³/mol. The highest BCUT2D eigenvalue weighted by molar-refractivity contribution is 6.20. The summed E-state index contributed by atoms with van der Waals surface area (Å²) >= 11 is 6.55. The van der Waals surface area contributed by atoms with Gasteiger partial charge in [0.05, 0.1) is 0 Å². The Labute approximate surface area is 227 Å². The number of Topliss-reactive ketones (excluding diaryl/α,β-unsaturated/α-hetero) is 1. The number of hydrogen-bond donors (Lipinski definition) is 0. The zero-order valence-electron chi connectivity index (χ0n) is 22.9. The monoisotopic (exact) mass is 523 g/mol. The molecular weight excluding hydrogens is 482 g/mol. The van der Waals surface area contributed by atoms with Crippen molar-refractivity contribution in [2.45, 2.75) is 78.0 Å². The van der Waals surface area contributed by atoms with E-state index >= 15 is 0 Å². The molecule has 1 amide bonds. The summed E-state index contributed by atoms with van der Waals surface area (Å²) in [6.45, 7) is 10.1. The van der Waals surface area contributed by atoms with Crippen molar-refractivity contribution in [1.29, 1.82) is 0 Å². The van der Waals surface area contributed by atoms with Gasteiger partial charge in [-0.25, -0.2) is 0 Å². The SMILES string of the molecule is CCN(CC)C(=O)COc1ccc(/C=C2\C[C@H]3[C@@H]4CC=C5CC(Cl)CC[C@]5(C)[C@H]4CC[C@]3(C)C2=O)cc1. The molecule has 0 heterocycles. The van der Waals surface area contributed by atoms with Crippen molar-refractivity contribution in [3.63, 3.8) is 0 Å². The zero-order valence-corrected chi connectivity index (χ0v) is 23.7. The van der Waals surface area contributed by atoms with Gasteiger partial charge in [0.15, 0.2) is 12.4 Å². The summed E-state index contributed by atoms with van der Waals surface area (Å²) in [6, 6.07) is 7.78. The summed E-state index contributed by atoms with van der Waals surface area (Å²) < 4.78 is 5.72. The van der Waals surface area contributed by atoms with Gasteiger partial charge in [0.25, 0.3) is 5.91 Å². The van der Waals surface area contributed by atoms with Gasteiger partial charge in [-0.2, -0.15) is 0 Å². The molecular formula is C32H42ClNO3. The van der Waals surface area contributed by atoms with Gasteiger partial charge in [-0.15, -0.1) is 11.6 Å². The number of carbonyl (C=O) groups excluding carboxylic acids is 2. The van der Waals surface area contributed by atoms with E-state index in [2.05, 4.69) is 26.0 Å². The van der Waals surface area contributed by atoms with Crippen LogP contribution in [0.5, 0.6) is 5.75 Å². The Bertz CT molecular complexity index is 1100. The maximum absolute atomic E-state index is 13.7. The number of ether oxygens (including phenoxy) is 1. The lowest BCUT2D eigenvalue weighted by atomic mass is 9.48. The van der Waals surface area contributed by atoms with E-state index in [0.29, 0.717) is 42.4 Å². The molecule has 0 aromatic heterocycles. The number of nitrogens with zero attached hydrogens (tertiary/aromatic N) is 1. The van der Waals surface area contributed by atoms with E-state index in [-0.39, 0.29) is 28.7 Å². The summed E-state index contributed by atoms with van der Waals surface area (Å²) in [4.78, 5) is 27.7. The number of ketones is 1. The Kier molecular flexibility index (Phi) is 7.35. The van der Waals surface area contributed by atoms with Crippen LogP contribution in [0, 0.1) is 28.6 Å². The molecule has 1 unspecified atom stereocenters. The number of hydrogen-bond acceptors (Lipinski definition) is 3. The molecule has 0 aliphatic heterocycles. The van der Waals surface area contributed by atoms with Gasteiger partial charge in [-0.05, 0) is 111 Å². The van der Waals surface area contributed by atoms with Gasteiger partial charge in [-0.1, -0.05) is 37.6 Å². The van der Waals surface area contributed by atoms with Crippen LogP contribution < -0.4 is 4.74 Å². The lowest BCUT2D eigenvalue weighted by Crippen LogP contribution is -2.50. The summed E-state index contributed by atoms with van der Waals surface area (Å²) in [5.41, 5.74) is 3.59. The molecule has 5 heteroatoms. The minimum Gasteiger partial charge on any atom is -0.484 e. The molecule has 4 aliphatic carbocycles. The third-order valence-electron chi connectivity index (χ3n) is 10.4. The molecule has 4 nitrogen and oxygen atoms in total. The van der Waals surface area contributed by atoms with Crippen LogP contribution in [0.25, 0.3) is 6.08 Å². The van der Waals surface area contributed by atoms with Crippen molar-refractivity contribution in [2.24, 2.45) is 28.6 Å². The van der Waals surface area contributed by atoms with Gasteiger partial charge in [0.2, 0.25) is 0 Å². The molecule has 4 aliphatic rings. The van der Waals surface area contributed by atoms with Gasteiger partial charge < -0.3 is 9.64 Å². The molecule has 0 radical (unpaired) electrons. The second kappa shape index (κ2) is 10.2. The average Bonchev–Trinajstić information content (AvgIpc) is 3.14. The number of allylic oxidation sites excluding steroid dienone is 3. The Hall–Kier alpha value is -2.07. The summed E-state index contributed by atoms with van der Waals surface area (Å²) in [5, 5.41) is 0.284. The minimum atomic E-state index is -0.244. The fraction of sp³-hybridized carbons (Fsp3) is 0.625. The van der Waals surface area contributed by atoms with Crippen LogP contribution in [0.15, 0.2) is 41.5 Å². The molecule has 37 heavy (non-hydrogen) atoms. The maximum atomic E-state index is 13.7. The second-order valence-corrected chi connectivity index (χ2v) is 12.8. The maximum Gasteiger partial charge on any atom is 0.260 e. The van der Waals surface area contributed by atoms with Crippen molar-refractivity contribution in [2.75, 3.05) is 19.7 Å². The van der Waals surface area contributed by atoms with Crippen molar-refractivity contribution >= 4 is 29.4 Å². The highest BCUT2D eigenvalue weighted by Crippen LogP contribution is 2.65. The van der Waals surface area contributed by atoms with Crippen LogP contribution >= 0.6 is 11.6 Å². The first kappa shape index (κ1) is 26.5. The summed E-state index contributed by atoms with van der Waals surface area (Å²) in [5.74, 6) is 2.68. The van der Waals surface area contributed by atoms with E-state index in [0.717, 1.165) is 49.7 Å². The van der Waals surface area contributed by atoms with Gasteiger partial charge in [0, 0.05) is 23.9 Å². The lowest BCUT2D eigenvalue weighted by molar-refractivity contribution is -0.133. The largest absolute Gasteiger partial charge is 0.484 e. The number of likely N-dealkylation sites (N-methyl/N-ethyl adjacent to an activating group) is 1. The Morgan fingerprint density at radius 1 is 1.05 bits per heavy atom. The fourth-order valence-electron chi connectivity index (χ4n) is 8.09. The predicted octanol–water partition coefficient (Wildman–Crippen LogP) is 7.07. The molecule has 0 N–H and O–H groups in total. The van der Waals surface area contributed by atoms with E-state index in [4.69, 9.17) is 16.3 Å². The van der Waals surface area contributed by atoms with Crippen molar-refractivity contribution in [3.05, 3.63) is 47.1 Å². The van der Waals surface area contributed by atoms with Crippen LogP contribution in [0.1, 0.15) is 78.2 Å². The molecule has 5 rings (SSSR count). The number of benzene rings is 1. The summed E-state index contributed by atoms with van der Waals surface area (Å²) in [6.07, 6.45) is 12.0. The van der Waals surface area contributed by atoms with Crippen LogP contribution in [-0.2, 0) is 9.59 Å². The number of alkyl halides is 1. The third kappa shape index (κ3) is 4.68. The van der Waals surface area contributed by atoms with Crippen LogP contribution in [-0.4, -0.2) is 41.7 Å². The Morgan fingerprint density at radius 3 is 2.46 bits per heavy atom. The first-order valence-corrected chi connectivity index (χ1v) is 14.7. The molecule has 3 saturated carbocycles. The normalized spacial score (nSPS) is 35.9. The molecule has 0 bridgehead atoms.